The number of ether oxygens (including phenoxy) is 1. The molecule has 1 aliphatic heterocycles. The number of nitrogens with zero attached hydrogens (tertiary/aromatic N) is 2. The van der Waals surface area contributed by atoms with Crippen molar-refractivity contribution in [3.05, 3.63) is 76.4 Å². The number of esters is 1. The smallest absolute Gasteiger partial charge is 0.343 e. The van der Waals surface area contributed by atoms with Gasteiger partial charge in [-0.25, -0.2) is 9.69 Å². The van der Waals surface area contributed by atoms with E-state index in [1.165, 1.54) is 35.2 Å². The summed E-state index contributed by atoms with van der Waals surface area (Å²) in [5, 5.41) is 10.9. The fourth-order valence-electron chi connectivity index (χ4n) is 5.81. The second-order valence-electron chi connectivity index (χ2n) is 8.86. The van der Waals surface area contributed by atoms with Gasteiger partial charge in [-0.15, -0.1) is 0 Å². The normalized spacial score (nSPS) is 31.3. The summed E-state index contributed by atoms with van der Waals surface area (Å²) in [4.78, 5) is 50.6. The van der Waals surface area contributed by atoms with Crippen molar-refractivity contribution < 1.29 is 24.0 Å². The zero-order valence-corrected chi connectivity index (χ0v) is 16.8. The molecule has 0 spiro atoms. The summed E-state index contributed by atoms with van der Waals surface area (Å²) in [6, 6.07) is 11.5. The molecule has 2 saturated carbocycles. The van der Waals surface area contributed by atoms with Crippen LogP contribution in [0.1, 0.15) is 16.8 Å². The number of imide groups is 1. The van der Waals surface area contributed by atoms with Gasteiger partial charge in [0.15, 0.2) is 0 Å². The van der Waals surface area contributed by atoms with E-state index in [1.807, 2.05) is 0 Å². The molecule has 160 valence electrons. The molecule has 1 heterocycles. The van der Waals surface area contributed by atoms with Gasteiger partial charge in [0.1, 0.15) is 5.75 Å². The van der Waals surface area contributed by atoms with Crippen molar-refractivity contribution in [1.29, 1.82) is 0 Å². The molecule has 7 rings (SSSR count). The van der Waals surface area contributed by atoms with Crippen LogP contribution in [-0.2, 0) is 9.59 Å². The molecule has 1 saturated heterocycles. The Balaban J connectivity index is 1.26. The zero-order valence-electron chi connectivity index (χ0n) is 16.8. The van der Waals surface area contributed by atoms with Gasteiger partial charge < -0.3 is 4.74 Å². The van der Waals surface area contributed by atoms with E-state index in [4.69, 9.17) is 4.74 Å². The number of carbonyl (C=O) groups is 3. The molecule has 0 radical (unpaired) electrons. The van der Waals surface area contributed by atoms with Gasteiger partial charge in [0.05, 0.1) is 28.0 Å². The van der Waals surface area contributed by atoms with Gasteiger partial charge >= 0.3 is 5.97 Å². The molecule has 8 nitrogen and oxygen atoms in total. The van der Waals surface area contributed by atoms with E-state index in [2.05, 4.69) is 12.2 Å². The number of benzene rings is 2. The highest BCUT2D eigenvalue weighted by atomic mass is 16.6. The summed E-state index contributed by atoms with van der Waals surface area (Å²) < 4.78 is 5.38. The Bertz CT molecular complexity index is 1200. The lowest BCUT2D eigenvalue weighted by Crippen LogP contribution is -2.40. The van der Waals surface area contributed by atoms with Crippen LogP contribution in [0.5, 0.6) is 5.75 Å². The average Bonchev–Trinajstić information content (AvgIpc) is 3.57. The lowest BCUT2D eigenvalue weighted by Gasteiger charge is -2.37. The third-order valence-electron chi connectivity index (χ3n) is 7.24. The fourth-order valence-corrected chi connectivity index (χ4v) is 5.81. The zero-order chi connectivity index (χ0) is 22.1. The Morgan fingerprint density at radius 3 is 2.28 bits per heavy atom. The molecule has 3 fully saturated rings. The van der Waals surface area contributed by atoms with Crippen molar-refractivity contribution >= 4 is 29.2 Å². The summed E-state index contributed by atoms with van der Waals surface area (Å²) in [7, 11) is 0. The van der Waals surface area contributed by atoms with Crippen LogP contribution in [0.4, 0.5) is 11.4 Å². The van der Waals surface area contributed by atoms with E-state index in [-0.39, 0.29) is 52.5 Å². The van der Waals surface area contributed by atoms with E-state index in [1.54, 1.807) is 12.1 Å². The van der Waals surface area contributed by atoms with Crippen LogP contribution in [0.15, 0.2) is 60.7 Å². The predicted molar refractivity (Wildman–Crippen MR) is 112 cm³/mol. The molecular weight excluding hydrogens is 412 g/mol. The van der Waals surface area contributed by atoms with Crippen molar-refractivity contribution in [2.24, 2.45) is 35.5 Å². The summed E-state index contributed by atoms with van der Waals surface area (Å²) in [5.41, 5.74) is 0.183. The summed E-state index contributed by atoms with van der Waals surface area (Å²) in [6.45, 7) is 0. The van der Waals surface area contributed by atoms with E-state index < -0.39 is 10.9 Å². The number of nitro groups is 1. The number of non-ortho nitro benzene ring substituents is 1. The Kier molecular flexibility index (Phi) is 3.90. The van der Waals surface area contributed by atoms with E-state index in [0.29, 0.717) is 17.5 Å². The largest absolute Gasteiger partial charge is 0.423 e. The second kappa shape index (κ2) is 6.59. The molecule has 2 amide bonds. The van der Waals surface area contributed by atoms with Crippen LogP contribution in [0.3, 0.4) is 0 Å². The van der Waals surface area contributed by atoms with Gasteiger partial charge in [-0.1, -0.05) is 24.3 Å². The molecule has 4 aliphatic carbocycles. The number of nitro benzene ring substituents is 1. The van der Waals surface area contributed by atoms with Crippen LogP contribution in [-0.4, -0.2) is 22.7 Å². The van der Waals surface area contributed by atoms with E-state index >= 15 is 0 Å². The van der Waals surface area contributed by atoms with Crippen LogP contribution in [0.2, 0.25) is 0 Å². The number of rotatable bonds is 4. The van der Waals surface area contributed by atoms with E-state index in [9.17, 15) is 24.5 Å². The van der Waals surface area contributed by atoms with Gasteiger partial charge in [-0.3, -0.25) is 19.7 Å². The van der Waals surface area contributed by atoms with Gasteiger partial charge in [-0.05, 0) is 48.3 Å². The molecule has 8 heteroatoms. The number of carbonyl (C=O) groups excluding carboxylic acids is 3. The van der Waals surface area contributed by atoms with Crippen LogP contribution in [0, 0.1) is 45.6 Å². The summed E-state index contributed by atoms with van der Waals surface area (Å²) >= 11 is 0. The molecule has 0 N–H and O–H groups in total. The van der Waals surface area contributed by atoms with Crippen LogP contribution >= 0.6 is 0 Å². The number of hydrogen-bond acceptors (Lipinski definition) is 6. The Labute approximate surface area is 182 Å². The third kappa shape index (κ3) is 2.65. The maximum Gasteiger partial charge on any atom is 0.343 e. The molecule has 2 aromatic rings. The standard InChI is InChI=1S/C24H18N2O6/c27-22-20-16-7-8-17(19-11-18(16)19)21(20)23(28)25(22)13-4-2-6-15(10-13)32-24(29)12-3-1-5-14(9-12)26(30)31/h1-10,16-21H,11H2/t16-,17-,18-,19-,20+,21+/m1/s1. The second-order valence-corrected chi connectivity index (χ2v) is 8.86. The van der Waals surface area contributed by atoms with Gasteiger partial charge in [-0.2, -0.15) is 0 Å². The van der Waals surface area contributed by atoms with Gasteiger partial charge in [0.2, 0.25) is 11.8 Å². The number of amides is 2. The first-order valence-electron chi connectivity index (χ1n) is 10.6. The molecule has 0 unspecified atom stereocenters. The third-order valence-corrected chi connectivity index (χ3v) is 7.24. The van der Waals surface area contributed by atoms with Gasteiger partial charge in [0.25, 0.3) is 5.69 Å². The first kappa shape index (κ1) is 18.9. The highest BCUT2D eigenvalue weighted by Crippen LogP contribution is 2.65. The Morgan fingerprint density at radius 2 is 1.62 bits per heavy atom. The molecular formula is C24H18N2O6. The number of hydrogen-bond donors (Lipinski definition) is 0. The van der Waals surface area contributed by atoms with Crippen molar-refractivity contribution in [2.45, 2.75) is 6.42 Å². The highest BCUT2D eigenvalue weighted by molar-refractivity contribution is 6.22. The molecule has 6 atom stereocenters. The lowest BCUT2D eigenvalue weighted by molar-refractivity contribution is -0.384. The van der Waals surface area contributed by atoms with Crippen molar-refractivity contribution in [1.82, 2.24) is 0 Å². The topological polar surface area (TPSA) is 107 Å². The quantitative estimate of drug-likeness (QED) is 0.184. The fraction of sp³-hybridized carbons (Fsp3) is 0.292. The molecule has 2 bridgehead atoms. The minimum Gasteiger partial charge on any atom is -0.423 e. The molecule has 2 aromatic carbocycles. The maximum atomic E-state index is 13.3. The highest BCUT2D eigenvalue weighted by Gasteiger charge is 2.67. The average molecular weight is 430 g/mol. The monoisotopic (exact) mass is 430 g/mol. The van der Waals surface area contributed by atoms with Crippen molar-refractivity contribution in [2.75, 3.05) is 4.90 Å². The number of allylic oxidation sites excluding steroid dienone is 2. The number of anilines is 1. The predicted octanol–water partition coefficient (Wildman–Crippen LogP) is 3.37. The Morgan fingerprint density at radius 1 is 0.969 bits per heavy atom. The van der Waals surface area contributed by atoms with Crippen molar-refractivity contribution in [3.63, 3.8) is 0 Å². The van der Waals surface area contributed by atoms with Crippen LogP contribution in [0.25, 0.3) is 0 Å². The Hall–Kier alpha value is -3.81. The first-order valence-corrected chi connectivity index (χ1v) is 10.6. The minimum absolute atomic E-state index is 0.0332. The maximum absolute atomic E-state index is 13.3. The molecule has 32 heavy (non-hydrogen) atoms. The van der Waals surface area contributed by atoms with E-state index in [0.717, 1.165) is 12.5 Å². The SMILES string of the molecule is O=C(Oc1cccc(N2C(=O)[C@H]3[C@@H]4C=C[C@H]([C@H]5C[C@H]45)[C@@H]3C2=O)c1)c1cccc([N+](=O)[O-])c1. The van der Waals surface area contributed by atoms with Crippen LogP contribution < -0.4 is 9.64 Å². The van der Waals surface area contributed by atoms with Gasteiger partial charge in [0, 0.05) is 18.2 Å². The lowest BCUT2D eigenvalue weighted by atomic mass is 9.63. The summed E-state index contributed by atoms with van der Waals surface area (Å²) in [6.07, 6.45) is 5.33. The molecule has 0 aromatic heterocycles. The minimum atomic E-state index is -0.763. The molecule has 5 aliphatic rings. The summed E-state index contributed by atoms with van der Waals surface area (Å²) in [5.74, 6) is -0.305. The van der Waals surface area contributed by atoms with Crippen molar-refractivity contribution in [3.8, 4) is 5.75 Å². The first-order chi connectivity index (χ1) is 15.4.